The van der Waals surface area contributed by atoms with Crippen LogP contribution in [0.25, 0.3) is 11.2 Å². The van der Waals surface area contributed by atoms with Gasteiger partial charge >= 0.3 is 5.69 Å². The van der Waals surface area contributed by atoms with Gasteiger partial charge in [0.1, 0.15) is 0 Å². The lowest BCUT2D eigenvalue weighted by molar-refractivity contribution is -0.118. The van der Waals surface area contributed by atoms with Crippen molar-refractivity contribution in [3.05, 3.63) is 26.7 Å². The minimum absolute atomic E-state index is 0.160. The first-order valence-corrected chi connectivity index (χ1v) is 6.78. The molecule has 0 fully saturated rings. The fourth-order valence-corrected chi connectivity index (χ4v) is 1.93. The van der Waals surface area contributed by atoms with Crippen LogP contribution in [0.15, 0.2) is 9.59 Å². The Morgan fingerprint density at radius 1 is 1.35 bits per heavy atom. The minimum atomic E-state index is -0.550. The molecule has 1 amide bonds. The van der Waals surface area contributed by atoms with Crippen LogP contribution < -0.4 is 16.6 Å². The van der Waals surface area contributed by atoms with E-state index >= 15 is 0 Å². The van der Waals surface area contributed by atoms with Gasteiger partial charge in [-0.05, 0) is 12.8 Å². The number of carbonyl (C=O) groups is 1. The largest absolute Gasteiger partial charge is 0.345 e. The smallest absolute Gasteiger partial charge is 0.329 e. The molecule has 0 saturated carbocycles. The van der Waals surface area contributed by atoms with Crippen molar-refractivity contribution in [1.29, 1.82) is 0 Å². The summed E-state index contributed by atoms with van der Waals surface area (Å²) in [6.45, 7) is 3.45. The van der Waals surface area contributed by atoms with Crippen LogP contribution in [0.2, 0.25) is 0 Å². The Morgan fingerprint density at radius 3 is 2.74 bits per heavy atom. The van der Waals surface area contributed by atoms with Crippen molar-refractivity contribution in [3.8, 4) is 23.7 Å². The zero-order chi connectivity index (χ0) is 17.0. The predicted molar refractivity (Wildman–Crippen MR) is 84.6 cm³/mol. The van der Waals surface area contributed by atoms with E-state index in [1.165, 1.54) is 18.5 Å². The maximum atomic E-state index is 12.1. The lowest BCUT2D eigenvalue weighted by atomic mass is 10.4. The highest BCUT2D eigenvalue weighted by Gasteiger charge is 2.15. The molecule has 0 aliphatic carbocycles. The van der Waals surface area contributed by atoms with Crippen LogP contribution in [0.1, 0.15) is 19.7 Å². The number of imidazole rings is 1. The van der Waals surface area contributed by atoms with Crippen molar-refractivity contribution in [2.75, 3.05) is 6.54 Å². The highest BCUT2D eigenvalue weighted by Crippen LogP contribution is 2.09. The van der Waals surface area contributed by atoms with Gasteiger partial charge in [-0.3, -0.25) is 23.7 Å². The number of rotatable bonds is 2. The predicted octanol–water partition coefficient (Wildman–Crippen LogP) is -1.07. The maximum absolute atomic E-state index is 12.1. The van der Waals surface area contributed by atoms with E-state index in [4.69, 9.17) is 0 Å². The van der Waals surface area contributed by atoms with Crippen LogP contribution in [0.3, 0.4) is 0 Å². The van der Waals surface area contributed by atoms with E-state index in [0.29, 0.717) is 5.82 Å². The number of aromatic amines is 1. The first kappa shape index (κ1) is 16.1. The van der Waals surface area contributed by atoms with Gasteiger partial charge in [-0.1, -0.05) is 11.8 Å². The van der Waals surface area contributed by atoms with Gasteiger partial charge in [-0.25, -0.2) is 9.78 Å². The molecule has 0 aliphatic heterocycles. The molecule has 0 spiro atoms. The molecule has 2 rings (SSSR count). The van der Waals surface area contributed by atoms with Crippen molar-refractivity contribution in [2.45, 2.75) is 20.4 Å². The number of hydrogen-bond donors (Lipinski definition) is 2. The number of carbonyl (C=O) groups excluding carboxylic acids is 1. The van der Waals surface area contributed by atoms with Gasteiger partial charge < -0.3 is 5.32 Å². The molecule has 2 heterocycles. The monoisotopic (exact) mass is 313 g/mol. The number of H-pyrrole nitrogens is 1. The standard InChI is InChI=1S/C15H15N5O3/c1-4-5-9-20-11(7-6-8-16-10(2)21)17-13-12(20)14(22)18-15(23)19(13)3/h8-9H2,1-3H3,(H,16,21)(H,18,22,23). The molecule has 0 radical (unpaired) electrons. The Balaban J connectivity index is 2.63. The van der Waals surface area contributed by atoms with E-state index in [2.05, 4.69) is 39.0 Å². The zero-order valence-corrected chi connectivity index (χ0v) is 13.0. The molecular formula is C15H15N5O3. The van der Waals surface area contributed by atoms with Crippen molar-refractivity contribution in [3.63, 3.8) is 0 Å². The average molecular weight is 313 g/mol. The van der Waals surface area contributed by atoms with Crippen LogP contribution in [0.5, 0.6) is 0 Å². The van der Waals surface area contributed by atoms with E-state index in [1.54, 1.807) is 11.5 Å². The van der Waals surface area contributed by atoms with Gasteiger partial charge in [0.05, 0.1) is 13.1 Å². The fourth-order valence-electron chi connectivity index (χ4n) is 1.93. The Bertz CT molecular complexity index is 1000. The summed E-state index contributed by atoms with van der Waals surface area (Å²) in [6.07, 6.45) is 0. The van der Waals surface area contributed by atoms with Crippen molar-refractivity contribution >= 4 is 17.1 Å². The highest BCUT2D eigenvalue weighted by molar-refractivity contribution is 5.73. The molecule has 8 heteroatoms. The number of nitrogens with zero attached hydrogens (tertiary/aromatic N) is 3. The molecule has 0 saturated heterocycles. The zero-order valence-electron chi connectivity index (χ0n) is 13.0. The first-order chi connectivity index (χ1) is 11.0. The number of amides is 1. The van der Waals surface area contributed by atoms with Gasteiger partial charge in [0, 0.05) is 14.0 Å². The lowest BCUT2D eigenvalue weighted by Crippen LogP contribution is -2.29. The molecule has 8 nitrogen and oxygen atoms in total. The molecule has 0 aromatic carbocycles. The quantitative estimate of drug-likeness (QED) is 0.690. The van der Waals surface area contributed by atoms with E-state index in [9.17, 15) is 14.4 Å². The number of hydrogen-bond acceptors (Lipinski definition) is 4. The molecule has 118 valence electrons. The molecule has 2 aromatic rings. The normalized spacial score (nSPS) is 9.70. The van der Waals surface area contributed by atoms with Gasteiger partial charge in [0.2, 0.25) is 5.91 Å². The van der Waals surface area contributed by atoms with Crippen LogP contribution in [0.4, 0.5) is 0 Å². The second kappa shape index (κ2) is 6.67. The van der Waals surface area contributed by atoms with Gasteiger partial charge in [-0.2, -0.15) is 0 Å². The van der Waals surface area contributed by atoms with E-state index < -0.39 is 11.2 Å². The van der Waals surface area contributed by atoms with Gasteiger partial charge in [-0.15, -0.1) is 5.92 Å². The van der Waals surface area contributed by atoms with E-state index in [1.807, 2.05) is 0 Å². The van der Waals surface area contributed by atoms with Gasteiger partial charge in [0.25, 0.3) is 5.56 Å². The summed E-state index contributed by atoms with van der Waals surface area (Å²) in [7, 11) is 1.51. The number of nitrogens with one attached hydrogen (secondary N) is 2. The fraction of sp³-hybridized carbons (Fsp3) is 0.333. The molecule has 2 aromatic heterocycles. The summed E-state index contributed by atoms with van der Waals surface area (Å²) < 4.78 is 2.79. The van der Waals surface area contributed by atoms with Crippen LogP contribution in [-0.4, -0.2) is 31.6 Å². The number of fused-ring (bicyclic) bond motifs is 1. The minimum Gasteiger partial charge on any atom is -0.345 e. The molecule has 0 unspecified atom stereocenters. The Kier molecular flexibility index (Phi) is 4.67. The third-order valence-corrected chi connectivity index (χ3v) is 3.05. The SMILES string of the molecule is CC#CCn1c(C#CCNC(C)=O)nc2c1c(=O)[nH]c(=O)n2C. The number of aromatic nitrogens is 4. The summed E-state index contributed by atoms with van der Waals surface area (Å²) >= 11 is 0. The topological polar surface area (TPSA) is 102 Å². The second-order valence-electron chi connectivity index (χ2n) is 4.65. The first-order valence-electron chi connectivity index (χ1n) is 6.78. The molecule has 2 N–H and O–H groups in total. The van der Waals surface area contributed by atoms with Crippen LogP contribution >= 0.6 is 0 Å². The molecule has 0 aliphatic rings. The van der Waals surface area contributed by atoms with Crippen molar-refractivity contribution < 1.29 is 4.79 Å². The van der Waals surface area contributed by atoms with Crippen molar-refractivity contribution in [1.82, 2.24) is 24.4 Å². The summed E-state index contributed by atoms with van der Waals surface area (Å²) in [5.41, 5.74) is -0.617. The van der Waals surface area contributed by atoms with Crippen molar-refractivity contribution in [2.24, 2.45) is 7.05 Å². The van der Waals surface area contributed by atoms with E-state index in [-0.39, 0.29) is 30.2 Å². The highest BCUT2D eigenvalue weighted by atomic mass is 16.2. The molecule has 23 heavy (non-hydrogen) atoms. The summed E-state index contributed by atoms with van der Waals surface area (Å²) in [5.74, 6) is 11.2. The molecule has 0 atom stereocenters. The van der Waals surface area contributed by atoms with Crippen LogP contribution in [-0.2, 0) is 18.4 Å². The van der Waals surface area contributed by atoms with E-state index in [0.717, 1.165) is 0 Å². The lowest BCUT2D eigenvalue weighted by Gasteiger charge is -2.00. The van der Waals surface area contributed by atoms with Crippen LogP contribution in [0, 0.1) is 23.7 Å². The molecule has 0 bridgehead atoms. The second-order valence-corrected chi connectivity index (χ2v) is 4.65. The third kappa shape index (κ3) is 3.33. The maximum Gasteiger partial charge on any atom is 0.329 e. The Morgan fingerprint density at radius 2 is 2.09 bits per heavy atom. The summed E-state index contributed by atoms with van der Waals surface area (Å²) in [4.78, 5) is 41.1. The third-order valence-electron chi connectivity index (χ3n) is 3.05. The Labute approximate surface area is 131 Å². The summed E-state index contributed by atoms with van der Waals surface area (Å²) in [6, 6.07) is 0. The summed E-state index contributed by atoms with van der Waals surface area (Å²) in [5, 5.41) is 2.54. The number of aryl methyl sites for hydroxylation is 1. The van der Waals surface area contributed by atoms with Gasteiger partial charge in [0.15, 0.2) is 17.0 Å². The Hall–Kier alpha value is -3.26. The molecular weight excluding hydrogens is 298 g/mol. The average Bonchev–Trinajstić information content (AvgIpc) is 2.86.